The number of ether oxygens (including phenoxy) is 2. The fraction of sp³-hybridized carbons (Fsp3) is 0.478. The maximum absolute atomic E-state index is 5.97. The first-order chi connectivity index (χ1) is 14.6. The smallest absolute Gasteiger partial charge is 0.191 e. The number of aryl methyl sites for hydroxylation is 1. The van der Waals surface area contributed by atoms with Gasteiger partial charge < -0.3 is 25.0 Å². The first-order valence-corrected chi connectivity index (χ1v) is 10.5. The van der Waals surface area contributed by atoms with Crippen molar-refractivity contribution in [2.45, 2.75) is 38.8 Å². The van der Waals surface area contributed by atoms with Gasteiger partial charge in [-0.2, -0.15) is 0 Å². The summed E-state index contributed by atoms with van der Waals surface area (Å²) in [6.07, 6.45) is 4.02. The minimum atomic E-state index is -0.00915. The molecule has 1 saturated heterocycles. The van der Waals surface area contributed by atoms with E-state index in [0.717, 1.165) is 49.2 Å². The van der Waals surface area contributed by atoms with E-state index in [9.17, 15) is 0 Å². The first-order valence-electron chi connectivity index (χ1n) is 10.5. The molecule has 1 aliphatic rings. The number of guanidine groups is 1. The summed E-state index contributed by atoms with van der Waals surface area (Å²) in [6.45, 7) is 6.73. The number of aliphatic imine (C=N–C) groups is 1. The van der Waals surface area contributed by atoms with Gasteiger partial charge >= 0.3 is 0 Å². The van der Waals surface area contributed by atoms with E-state index in [1.807, 2.05) is 37.4 Å². The van der Waals surface area contributed by atoms with Gasteiger partial charge in [0.2, 0.25) is 0 Å². The van der Waals surface area contributed by atoms with E-state index in [-0.39, 0.29) is 6.10 Å². The van der Waals surface area contributed by atoms with Crippen LogP contribution in [0.15, 0.2) is 47.6 Å². The van der Waals surface area contributed by atoms with Gasteiger partial charge in [-0.05, 0) is 50.5 Å². The zero-order valence-corrected chi connectivity index (χ0v) is 18.4. The summed E-state index contributed by atoms with van der Waals surface area (Å²) in [7, 11) is 3.45. The SMILES string of the molecule is CN=C(NCC(C)Oc1cccc(OC)c1)NC1CCN(c2ccc(C)cn2)CC1. The summed E-state index contributed by atoms with van der Waals surface area (Å²) in [5.74, 6) is 3.45. The summed E-state index contributed by atoms with van der Waals surface area (Å²) < 4.78 is 11.2. The molecule has 1 aromatic heterocycles. The van der Waals surface area contributed by atoms with Crippen molar-refractivity contribution < 1.29 is 9.47 Å². The third-order valence-electron chi connectivity index (χ3n) is 5.21. The molecule has 1 unspecified atom stereocenters. The van der Waals surface area contributed by atoms with E-state index in [4.69, 9.17) is 9.47 Å². The largest absolute Gasteiger partial charge is 0.497 e. The number of nitrogens with one attached hydrogen (secondary N) is 2. The molecule has 162 valence electrons. The topological polar surface area (TPSA) is 71.0 Å². The van der Waals surface area contributed by atoms with Gasteiger partial charge in [0, 0.05) is 38.4 Å². The number of anilines is 1. The molecule has 2 aromatic rings. The van der Waals surface area contributed by atoms with Gasteiger partial charge in [-0.25, -0.2) is 4.98 Å². The molecular formula is C23H33N5O2. The Hall–Kier alpha value is -2.96. The van der Waals surface area contributed by atoms with E-state index >= 15 is 0 Å². The molecular weight excluding hydrogens is 378 g/mol. The molecule has 1 fully saturated rings. The predicted molar refractivity (Wildman–Crippen MR) is 122 cm³/mol. The minimum absolute atomic E-state index is 0.00915. The molecule has 0 amide bonds. The van der Waals surface area contributed by atoms with Crippen LogP contribution in [0, 0.1) is 6.92 Å². The second-order valence-corrected chi connectivity index (χ2v) is 7.66. The fourth-order valence-electron chi connectivity index (χ4n) is 3.48. The van der Waals surface area contributed by atoms with E-state index in [1.165, 1.54) is 5.56 Å². The van der Waals surface area contributed by atoms with Crippen molar-refractivity contribution in [2.24, 2.45) is 4.99 Å². The second-order valence-electron chi connectivity index (χ2n) is 7.66. The molecule has 30 heavy (non-hydrogen) atoms. The van der Waals surface area contributed by atoms with Gasteiger partial charge in [0.1, 0.15) is 23.4 Å². The molecule has 7 heteroatoms. The van der Waals surface area contributed by atoms with E-state index in [0.29, 0.717) is 12.6 Å². The Labute approximate surface area is 179 Å². The van der Waals surface area contributed by atoms with Crippen molar-refractivity contribution in [2.75, 3.05) is 38.7 Å². The standard InChI is InChI=1S/C23H33N5O2/c1-17-8-9-22(25-15-17)28-12-10-19(11-13-28)27-23(24-3)26-16-18(2)30-21-7-5-6-20(14-21)29-4/h5-9,14-15,18-19H,10-13,16H2,1-4H3,(H2,24,26,27). The zero-order valence-electron chi connectivity index (χ0n) is 18.4. The summed E-state index contributed by atoms with van der Waals surface area (Å²) in [4.78, 5) is 11.3. The number of pyridine rings is 1. The highest BCUT2D eigenvalue weighted by Crippen LogP contribution is 2.20. The number of rotatable bonds is 7. The Morgan fingerprint density at radius 1 is 1.23 bits per heavy atom. The second kappa shape index (κ2) is 10.7. The van der Waals surface area contributed by atoms with E-state index in [1.54, 1.807) is 14.2 Å². The molecule has 7 nitrogen and oxygen atoms in total. The van der Waals surface area contributed by atoms with Crippen LogP contribution >= 0.6 is 0 Å². The van der Waals surface area contributed by atoms with Crippen LogP contribution in [-0.2, 0) is 0 Å². The molecule has 1 aliphatic heterocycles. The Bertz CT molecular complexity index is 817. The number of nitrogens with zero attached hydrogens (tertiary/aromatic N) is 3. The Morgan fingerprint density at radius 2 is 2.00 bits per heavy atom. The predicted octanol–water partition coefficient (Wildman–Crippen LogP) is 3.00. The van der Waals surface area contributed by atoms with Crippen molar-refractivity contribution >= 4 is 11.8 Å². The van der Waals surface area contributed by atoms with Crippen LogP contribution in [0.1, 0.15) is 25.3 Å². The van der Waals surface area contributed by atoms with E-state index in [2.05, 4.69) is 44.6 Å². The van der Waals surface area contributed by atoms with Crippen LogP contribution in [-0.4, -0.2) is 56.9 Å². The molecule has 0 saturated carbocycles. The molecule has 0 aliphatic carbocycles. The maximum atomic E-state index is 5.97. The average Bonchev–Trinajstić information content (AvgIpc) is 2.77. The Balaban J connectivity index is 1.42. The van der Waals surface area contributed by atoms with Crippen molar-refractivity contribution in [1.82, 2.24) is 15.6 Å². The highest BCUT2D eigenvalue weighted by atomic mass is 16.5. The quantitative estimate of drug-likeness (QED) is 0.539. The van der Waals surface area contributed by atoms with Crippen molar-refractivity contribution in [3.63, 3.8) is 0 Å². The van der Waals surface area contributed by atoms with Crippen LogP contribution in [0.3, 0.4) is 0 Å². The molecule has 0 bridgehead atoms. The summed E-state index contributed by atoms with van der Waals surface area (Å²) in [5.41, 5.74) is 1.19. The minimum Gasteiger partial charge on any atom is -0.497 e. The molecule has 2 N–H and O–H groups in total. The number of hydrogen-bond acceptors (Lipinski definition) is 5. The Kier molecular flexibility index (Phi) is 7.76. The first kappa shape index (κ1) is 21.7. The lowest BCUT2D eigenvalue weighted by Crippen LogP contribution is -2.50. The lowest BCUT2D eigenvalue weighted by atomic mass is 10.1. The average molecular weight is 412 g/mol. The lowest BCUT2D eigenvalue weighted by Gasteiger charge is -2.34. The van der Waals surface area contributed by atoms with Crippen LogP contribution in [0.5, 0.6) is 11.5 Å². The summed E-state index contributed by atoms with van der Waals surface area (Å²) >= 11 is 0. The number of methoxy groups -OCH3 is 1. The van der Waals surface area contributed by atoms with Gasteiger partial charge in [0.15, 0.2) is 5.96 Å². The lowest BCUT2D eigenvalue weighted by molar-refractivity contribution is 0.222. The highest BCUT2D eigenvalue weighted by Gasteiger charge is 2.21. The maximum Gasteiger partial charge on any atom is 0.191 e. The van der Waals surface area contributed by atoms with Gasteiger partial charge in [-0.1, -0.05) is 12.1 Å². The molecule has 3 rings (SSSR count). The zero-order chi connectivity index (χ0) is 21.3. The van der Waals surface area contributed by atoms with E-state index < -0.39 is 0 Å². The van der Waals surface area contributed by atoms with Crippen molar-refractivity contribution in [3.8, 4) is 11.5 Å². The normalized spacial score (nSPS) is 16.1. The summed E-state index contributed by atoms with van der Waals surface area (Å²) in [6, 6.07) is 12.3. The van der Waals surface area contributed by atoms with Gasteiger partial charge in [-0.3, -0.25) is 4.99 Å². The third kappa shape index (κ3) is 6.27. The van der Waals surface area contributed by atoms with Crippen LogP contribution < -0.4 is 25.0 Å². The molecule has 1 atom stereocenters. The van der Waals surface area contributed by atoms with Gasteiger partial charge in [0.05, 0.1) is 13.7 Å². The fourth-order valence-corrected chi connectivity index (χ4v) is 3.48. The van der Waals surface area contributed by atoms with Gasteiger partial charge in [-0.15, -0.1) is 0 Å². The molecule has 0 spiro atoms. The van der Waals surface area contributed by atoms with Crippen LogP contribution in [0.2, 0.25) is 0 Å². The van der Waals surface area contributed by atoms with Crippen LogP contribution in [0.4, 0.5) is 5.82 Å². The third-order valence-corrected chi connectivity index (χ3v) is 5.21. The number of piperidine rings is 1. The van der Waals surface area contributed by atoms with Gasteiger partial charge in [0.25, 0.3) is 0 Å². The number of hydrogen-bond donors (Lipinski definition) is 2. The van der Waals surface area contributed by atoms with Crippen LogP contribution in [0.25, 0.3) is 0 Å². The van der Waals surface area contributed by atoms with Crippen molar-refractivity contribution in [1.29, 1.82) is 0 Å². The summed E-state index contributed by atoms with van der Waals surface area (Å²) in [5, 5.41) is 6.91. The Morgan fingerprint density at radius 3 is 2.67 bits per heavy atom. The number of benzene rings is 1. The molecule has 1 aromatic carbocycles. The highest BCUT2D eigenvalue weighted by molar-refractivity contribution is 5.80. The monoisotopic (exact) mass is 411 g/mol. The van der Waals surface area contributed by atoms with Crippen molar-refractivity contribution in [3.05, 3.63) is 48.2 Å². The molecule has 2 heterocycles. The molecule has 0 radical (unpaired) electrons. The number of aromatic nitrogens is 1.